The van der Waals surface area contributed by atoms with Crippen molar-refractivity contribution in [1.29, 1.82) is 0 Å². The van der Waals surface area contributed by atoms with Gasteiger partial charge in [-0.1, -0.05) is 18.1 Å². The number of nitrogens with one attached hydrogen (secondary N) is 2. The molecule has 142 valence electrons. The van der Waals surface area contributed by atoms with Crippen molar-refractivity contribution in [2.45, 2.75) is 32.4 Å². The number of alkyl carbamates (subject to hydrolysis) is 1. The zero-order valence-electron chi connectivity index (χ0n) is 15.8. The van der Waals surface area contributed by atoms with Crippen LogP contribution >= 0.6 is 0 Å². The zero-order valence-corrected chi connectivity index (χ0v) is 15.8. The molecule has 0 bridgehead atoms. The number of benzene rings is 1. The van der Waals surface area contributed by atoms with E-state index in [0.717, 1.165) is 0 Å². The number of amides is 2. The van der Waals surface area contributed by atoms with E-state index in [0.29, 0.717) is 11.3 Å². The molecule has 0 aromatic heterocycles. The van der Waals surface area contributed by atoms with Crippen molar-refractivity contribution in [3.8, 4) is 47.9 Å². The molecule has 0 saturated heterocycles. The summed E-state index contributed by atoms with van der Waals surface area (Å²) < 4.78 is 5.09. The van der Waals surface area contributed by atoms with Crippen LogP contribution in [-0.4, -0.2) is 35.4 Å². The van der Waals surface area contributed by atoms with Crippen LogP contribution in [0.5, 0.6) is 0 Å². The summed E-state index contributed by atoms with van der Waals surface area (Å²) in [5.41, 5.74) is 0.180. The van der Waals surface area contributed by atoms with Gasteiger partial charge in [0.2, 0.25) is 5.91 Å². The Kier molecular flexibility index (Phi) is 8.72. The maximum Gasteiger partial charge on any atom is 0.408 e. The molecule has 1 atom stereocenters. The Balaban J connectivity index is 2.88. The molecular formula is C22H20N2O4. The molecule has 0 spiro atoms. The monoisotopic (exact) mass is 376 g/mol. The van der Waals surface area contributed by atoms with Gasteiger partial charge in [-0.05, 0) is 68.4 Å². The second-order valence-electron chi connectivity index (χ2n) is 6.31. The highest BCUT2D eigenvalue weighted by atomic mass is 16.6. The lowest BCUT2D eigenvalue weighted by atomic mass is 10.1. The normalized spacial score (nSPS) is 10.2. The van der Waals surface area contributed by atoms with E-state index in [1.807, 2.05) is 0 Å². The first-order chi connectivity index (χ1) is 13.3. The number of anilines is 1. The molecule has 0 aliphatic carbocycles. The Hall–Kier alpha value is -3.84. The third-order valence-corrected chi connectivity index (χ3v) is 2.89. The summed E-state index contributed by atoms with van der Waals surface area (Å²) in [6.45, 7) is 4.47. The molecule has 0 heterocycles. The highest BCUT2D eigenvalue weighted by Gasteiger charge is 2.24. The fourth-order valence-corrected chi connectivity index (χ4v) is 1.79. The number of carbonyl (C=O) groups is 2. The second kappa shape index (κ2) is 11.0. The highest BCUT2D eigenvalue weighted by molar-refractivity contribution is 5.97. The number of hydrogen-bond acceptors (Lipinski definition) is 4. The molecule has 0 radical (unpaired) electrons. The van der Waals surface area contributed by atoms with Crippen LogP contribution in [-0.2, 0) is 9.53 Å². The smallest absolute Gasteiger partial charge is 0.408 e. The van der Waals surface area contributed by atoms with E-state index < -0.39 is 30.3 Å². The molecule has 0 fully saturated rings. The van der Waals surface area contributed by atoms with Crippen molar-refractivity contribution in [3.63, 3.8) is 0 Å². The van der Waals surface area contributed by atoms with Gasteiger partial charge >= 0.3 is 6.09 Å². The van der Waals surface area contributed by atoms with Gasteiger partial charge in [-0.3, -0.25) is 4.79 Å². The van der Waals surface area contributed by atoms with Crippen molar-refractivity contribution in [2.75, 3.05) is 11.9 Å². The molecule has 1 rings (SSSR count). The number of ether oxygens (including phenoxy) is 1. The molecule has 0 aliphatic heterocycles. The summed E-state index contributed by atoms with van der Waals surface area (Å²) in [6.07, 6.45) is 4.17. The van der Waals surface area contributed by atoms with Crippen LogP contribution < -0.4 is 10.6 Å². The minimum atomic E-state index is -1.19. The standard InChI is InChI=1S/C22H20N2O4/c1-5-6-7-8-9-10-13-17-14-11-12-15-18(17)23-20(26)19(16-25)24-21(27)28-22(2,3)4/h1,11-12,14-15,19,25H,16H2,2-4H3,(H,23,26)(H,24,27)/t19-/m0/s1. The molecule has 0 aliphatic rings. The van der Waals surface area contributed by atoms with E-state index in [9.17, 15) is 14.7 Å². The number of hydrogen-bond donors (Lipinski definition) is 3. The Morgan fingerprint density at radius 2 is 1.79 bits per heavy atom. The molecule has 0 unspecified atom stereocenters. The van der Waals surface area contributed by atoms with Crippen LogP contribution in [0.3, 0.4) is 0 Å². The Bertz CT molecular complexity index is 948. The van der Waals surface area contributed by atoms with Crippen LogP contribution in [0.15, 0.2) is 24.3 Å². The van der Waals surface area contributed by atoms with Crippen molar-refractivity contribution in [2.24, 2.45) is 0 Å². The maximum atomic E-state index is 12.4. The van der Waals surface area contributed by atoms with E-state index in [1.54, 1.807) is 45.0 Å². The quantitative estimate of drug-likeness (QED) is 0.695. The van der Waals surface area contributed by atoms with E-state index in [2.05, 4.69) is 52.1 Å². The molecule has 6 heteroatoms. The number of carbonyl (C=O) groups excluding carboxylic acids is 2. The lowest BCUT2D eigenvalue weighted by Gasteiger charge is -2.22. The molecule has 28 heavy (non-hydrogen) atoms. The van der Waals surface area contributed by atoms with Crippen LogP contribution in [0.2, 0.25) is 0 Å². The first kappa shape index (κ1) is 22.2. The molecule has 2 amide bonds. The largest absolute Gasteiger partial charge is 0.444 e. The van der Waals surface area contributed by atoms with E-state index in [4.69, 9.17) is 11.2 Å². The fourth-order valence-electron chi connectivity index (χ4n) is 1.79. The SMILES string of the molecule is C#CC#CC#CC#Cc1ccccc1NC(=O)[C@H](CO)NC(=O)OC(C)(C)C. The summed E-state index contributed by atoms with van der Waals surface area (Å²) in [7, 11) is 0. The number of rotatable bonds is 4. The van der Waals surface area contributed by atoms with Crippen LogP contribution in [0.1, 0.15) is 26.3 Å². The lowest BCUT2D eigenvalue weighted by Crippen LogP contribution is -2.47. The molecular weight excluding hydrogens is 356 g/mol. The lowest BCUT2D eigenvalue weighted by molar-refractivity contribution is -0.119. The van der Waals surface area contributed by atoms with Gasteiger partial charge in [0.15, 0.2) is 0 Å². The summed E-state index contributed by atoms with van der Waals surface area (Å²) in [5.74, 6) is 16.7. The number of terminal acetylenes is 1. The number of aliphatic hydroxyl groups excluding tert-OH is 1. The van der Waals surface area contributed by atoms with Crippen LogP contribution in [0.4, 0.5) is 10.5 Å². The Labute approximate surface area is 165 Å². The Morgan fingerprint density at radius 3 is 2.43 bits per heavy atom. The van der Waals surface area contributed by atoms with Gasteiger partial charge < -0.3 is 20.5 Å². The van der Waals surface area contributed by atoms with Gasteiger partial charge in [-0.2, -0.15) is 0 Å². The summed E-state index contributed by atoms with van der Waals surface area (Å²) in [6, 6.07) is 5.59. The van der Waals surface area contributed by atoms with Gasteiger partial charge in [0.1, 0.15) is 11.6 Å². The third-order valence-electron chi connectivity index (χ3n) is 2.89. The second-order valence-corrected chi connectivity index (χ2v) is 6.31. The summed E-state index contributed by atoms with van der Waals surface area (Å²) in [5, 5.41) is 14.4. The predicted molar refractivity (Wildman–Crippen MR) is 107 cm³/mol. The van der Waals surface area contributed by atoms with E-state index in [1.165, 1.54) is 0 Å². The first-order valence-electron chi connectivity index (χ1n) is 8.23. The molecule has 1 aromatic rings. The van der Waals surface area contributed by atoms with Crippen molar-refractivity contribution < 1.29 is 19.4 Å². The van der Waals surface area contributed by atoms with Gasteiger partial charge in [0.05, 0.1) is 12.3 Å². The molecule has 1 aromatic carbocycles. The van der Waals surface area contributed by atoms with Gasteiger partial charge in [0, 0.05) is 5.56 Å². The van der Waals surface area contributed by atoms with Crippen LogP contribution in [0.25, 0.3) is 0 Å². The molecule has 0 saturated carbocycles. The zero-order chi connectivity index (χ0) is 21.0. The van der Waals surface area contributed by atoms with Crippen molar-refractivity contribution in [1.82, 2.24) is 5.32 Å². The fraction of sp³-hybridized carbons (Fsp3) is 0.273. The van der Waals surface area contributed by atoms with Gasteiger partial charge in [0.25, 0.3) is 0 Å². The van der Waals surface area contributed by atoms with Crippen LogP contribution in [0, 0.1) is 47.9 Å². The van der Waals surface area contributed by atoms with Crippen molar-refractivity contribution in [3.05, 3.63) is 29.8 Å². The highest BCUT2D eigenvalue weighted by Crippen LogP contribution is 2.14. The predicted octanol–water partition coefficient (Wildman–Crippen LogP) is 1.50. The number of para-hydroxylation sites is 1. The number of aliphatic hydroxyl groups is 1. The average Bonchev–Trinajstić information content (AvgIpc) is 2.62. The van der Waals surface area contributed by atoms with Gasteiger partial charge in [-0.15, -0.1) is 6.42 Å². The summed E-state index contributed by atoms with van der Waals surface area (Å²) in [4.78, 5) is 24.2. The van der Waals surface area contributed by atoms with E-state index in [-0.39, 0.29) is 0 Å². The molecule has 6 nitrogen and oxygen atoms in total. The minimum absolute atomic E-state index is 0.404. The summed E-state index contributed by atoms with van der Waals surface area (Å²) >= 11 is 0. The first-order valence-corrected chi connectivity index (χ1v) is 8.23. The van der Waals surface area contributed by atoms with Gasteiger partial charge in [-0.25, -0.2) is 4.79 Å². The topological polar surface area (TPSA) is 87.7 Å². The minimum Gasteiger partial charge on any atom is -0.444 e. The average molecular weight is 376 g/mol. The maximum absolute atomic E-state index is 12.4. The Morgan fingerprint density at radius 1 is 1.14 bits per heavy atom. The van der Waals surface area contributed by atoms with E-state index >= 15 is 0 Å². The van der Waals surface area contributed by atoms with Crippen molar-refractivity contribution >= 4 is 17.7 Å². The third kappa shape index (κ3) is 8.50. The molecule has 3 N–H and O–H groups in total.